The predicted molar refractivity (Wildman–Crippen MR) is 79.2 cm³/mol. The van der Waals surface area contributed by atoms with Crippen LogP contribution in [0, 0.1) is 13.8 Å². The van der Waals surface area contributed by atoms with Gasteiger partial charge in [-0.05, 0) is 51.2 Å². The van der Waals surface area contributed by atoms with Crippen molar-refractivity contribution in [2.24, 2.45) is 0 Å². The summed E-state index contributed by atoms with van der Waals surface area (Å²) in [6.45, 7) is 4.05. The average Bonchev–Trinajstić information content (AvgIpc) is 2.41. The molecule has 0 saturated heterocycles. The van der Waals surface area contributed by atoms with Crippen molar-refractivity contribution >= 4 is 11.7 Å². The van der Waals surface area contributed by atoms with Crippen molar-refractivity contribution in [2.45, 2.75) is 46.0 Å². The van der Waals surface area contributed by atoms with E-state index in [1.165, 1.54) is 30.4 Å². The number of urea groups is 1. The molecular formula is C16H22N2O. The highest BCUT2D eigenvalue weighted by Crippen LogP contribution is 2.22. The minimum absolute atomic E-state index is 0.162. The molecule has 0 aliphatic heterocycles. The molecule has 2 rings (SSSR count). The summed E-state index contributed by atoms with van der Waals surface area (Å²) in [4.78, 5) is 11.8. The Balaban J connectivity index is 1.90. The largest absolute Gasteiger partial charge is 0.323 e. The normalized spacial score (nSPS) is 14.9. The topological polar surface area (TPSA) is 41.1 Å². The first kappa shape index (κ1) is 13.7. The molecule has 0 bridgehead atoms. The lowest BCUT2D eigenvalue weighted by Crippen LogP contribution is -2.25. The van der Waals surface area contributed by atoms with E-state index in [-0.39, 0.29) is 6.03 Å². The Hall–Kier alpha value is -1.77. The maximum absolute atomic E-state index is 11.8. The van der Waals surface area contributed by atoms with Gasteiger partial charge in [-0.1, -0.05) is 29.7 Å². The van der Waals surface area contributed by atoms with Gasteiger partial charge < -0.3 is 10.6 Å². The standard InChI is InChI=1S/C16H22N2O/c1-12-8-9-15(13(2)10-12)18-16(19)17-11-14-6-4-3-5-7-14/h8-11H,3-7H2,1-2H3,(H2,17,18,19). The number of allylic oxidation sites excluding steroid dienone is 1. The minimum Gasteiger partial charge on any atom is -0.314 e. The number of carbonyl (C=O) groups is 1. The molecule has 1 aliphatic rings. The number of hydrogen-bond acceptors (Lipinski definition) is 1. The van der Waals surface area contributed by atoms with Crippen LogP contribution in [0.3, 0.4) is 0 Å². The molecule has 0 radical (unpaired) electrons. The molecule has 102 valence electrons. The van der Waals surface area contributed by atoms with Gasteiger partial charge in [-0.25, -0.2) is 4.79 Å². The van der Waals surface area contributed by atoms with Crippen LogP contribution in [0.25, 0.3) is 0 Å². The molecule has 3 heteroatoms. The molecule has 0 aromatic heterocycles. The van der Waals surface area contributed by atoms with Gasteiger partial charge in [0.15, 0.2) is 0 Å². The van der Waals surface area contributed by atoms with Gasteiger partial charge >= 0.3 is 6.03 Å². The first-order valence-corrected chi connectivity index (χ1v) is 6.98. The third-order valence-electron chi connectivity index (χ3n) is 3.53. The summed E-state index contributed by atoms with van der Waals surface area (Å²) in [5.41, 5.74) is 4.50. The fourth-order valence-electron chi connectivity index (χ4n) is 2.43. The Kier molecular flexibility index (Phi) is 4.61. The first-order chi connectivity index (χ1) is 9.15. The average molecular weight is 258 g/mol. The van der Waals surface area contributed by atoms with E-state index in [2.05, 4.69) is 16.7 Å². The van der Waals surface area contributed by atoms with Crippen LogP contribution in [0.4, 0.5) is 10.5 Å². The van der Waals surface area contributed by atoms with Crippen molar-refractivity contribution in [3.63, 3.8) is 0 Å². The number of amides is 2. The quantitative estimate of drug-likeness (QED) is 0.817. The molecule has 1 aromatic rings. The van der Waals surface area contributed by atoms with E-state index in [1.807, 2.05) is 32.2 Å². The van der Waals surface area contributed by atoms with Crippen LogP contribution in [0.2, 0.25) is 0 Å². The van der Waals surface area contributed by atoms with Crippen molar-refractivity contribution in [2.75, 3.05) is 5.32 Å². The molecule has 1 saturated carbocycles. The molecule has 19 heavy (non-hydrogen) atoms. The molecule has 0 unspecified atom stereocenters. The fraction of sp³-hybridized carbons (Fsp3) is 0.438. The van der Waals surface area contributed by atoms with E-state index in [9.17, 15) is 4.79 Å². The third-order valence-corrected chi connectivity index (χ3v) is 3.53. The smallest absolute Gasteiger partial charge is 0.314 e. The van der Waals surface area contributed by atoms with Gasteiger partial charge in [0.1, 0.15) is 0 Å². The zero-order valence-electron chi connectivity index (χ0n) is 11.8. The molecule has 3 nitrogen and oxygen atoms in total. The van der Waals surface area contributed by atoms with Crippen LogP contribution >= 0.6 is 0 Å². The third kappa shape index (κ3) is 4.12. The van der Waals surface area contributed by atoms with Gasteiger partial charge in [0.2, 0.25) is 0 Å². The fourth-order valence-corrected chi connectivity index (χ4v) is 2.43. The summed E-state index contributed by atoms with van der Waals surface area (Å²) >= 11 is 0. The van der Waals surface area contributed by atoms with Gasteiger partial charge in [0.25, 0.3) is 0 Å². The Morgan fingerprint density at radius 2 is 1.89 bits per heavy atom. The number of aryl methyl sites for hydroxylation is 2. The molecular weight excluding hydrogens is 236 g/mol. The van der Waals surface area contributed by atoms with Crippen molar-refractivity contribution in [1.82, 2.24) is 5.32 Å². The Morgan fingerprint density at radius 1 is 1.16 bits per heavy atom. The van der Waals surface area contributed by atoms with E-state index >= 15 is 0 Å². The zero-order valence-corrected chi connectivity index (χ0v) is 11.8. The monoisotopic (exact) mass is 258 g/mol. The molecule has 2 amide bonds. The maximum Gasteiger partial charge on any atom is 0.323 e. The van der Waals surface area contributed by atoms with Gasteiger partial charge in [-0.2, -0.15) is 0 Å². The van der Waals surface area contributed by atoms with Crippen molar-refractivity contribution in [3.8, 4) is 0 Å². The van der Waals surface area contributed by atoms with Crippen LogP contribution < -0.4 is 10.6 Å². The second kappa shape index (κ2) is 6.41. The van der Waals surface area contributed by atoms with E-state index in [0.29, 0.717) is 0 Å². The van der Waals surface area contributed by atoms with Crippen molar-refractivity contribution in [3.05, 3.63) is 41.1 Å². The Labute approximate surface area is 115 Å². The van der Waals surface area contributed by atoms with Gasteiger partial charge in [-0.3, -0.25) is 0 Å². The Bertz CT molecular complexity index is 484. The van der Waals surface area contributed by atoms with Gasteiger partial charge in [-0.15, -0.1) is 0 Å². The maximum atomic E-state index is 11.8. The summed E-state index contributed by atoms with van der Waals surface area (Å²) in [7, 11) is 0. The van der Waals surface area contributed by atoms with E-state index < -0.39 is 0 Å². The van der Waals surface area contributed by atoms with E-state index in [4.69, 9.17) is 0 Å². The van der Waals surface area contributed by atoms with Gasteiger partial charge in [0, 0.05) is 11.9 Å². The second-order valence-electron chi connectivity index (χ2n) is 5.28. The lowest BCUT2D eigenvalue weighted by atomic mass is 9.96. The summed E-state index contributed by atoms with van der Waals surface area (Å²) < 4.78 is 0. The van der Waals surface area contributed by atoms with E-state index in [1.54, 1.807) is 0 Å². The number of nitrogens with one attached hydrogen (secondary N) is 2. The number of hydrogen-bond donors (Lipinski definition) is 2. The highest BCUT2D eigenvalue weighted by molar-refractivity contribution is 5.90. The molecule has 1 aromatic carbocycles. The number of rotatable bonds is 2. The van der Waals surface area contributed by atoms with Crippen molar-refractivity contribution < 1.29 is 4.79 Å². The summed E-state index contributed by atoms with van der Waals surface area (Å²) in [6.07, 6.45) is 7.90. The minimum atomic E-state index is -0.162. The molecule has 0 spiro atoms. The summed E-state index contributed by atoms with van der Waals surface area (Å²) in [5, 5.41) is 5.71. The Morgan fingerprint density at radius 3 is 2.58 bits per heavy atom. The predicted octanol–water partition coefficient (Wildman–Crippen LogP) is 4.27. The van der Waals surface area contributed by atoms with Crippen LogP contribution in [0.1, 0.15) is 43.2 Å². The van der Waals surface area contributed by atoms with Crippen LogP contribution in [0.15, 0.2) is 30.0 Å². The van der Waals surface area contributed by atoms with Crippen LogP contribution in [-0.2, 0) is 0 Å². The lowest BCUT2D eigenvalue weighted by molar-refractivity contribution is 0.255. The molecule has 2 N–H and O–H groups in total. The lowest BCUT2D eigenvalue weighted by Gasteiger charge is -2.14. The number of carbonyl (C=O) groups excluding carboxylic acids is 1. The summed E-state index contributed by atoms with van der Waals surface area (Å²) in [5.74, 6) is 0. The second-order valence-corrected chi connectivity index (χ2v) is 5.28. The molecule has 0 atom stereocenters. The van der Waals surface area contributed by atoms with Crippen molar-refractivity contribution in [1.29, 1.82) is 0 Å². The van der Waals surface area contributed by atoms with E-state index in [0.717, 1.165) is 24.1 Å². The molecule has 0 heterocycles. The molecule has 1 aliphatic carbocycles. The zero-order chi connectivity index (χ0) is 13.7. The van der Waals surface area contributed by atoms with Gasteiger partial charge in [0.05, 0.1) is 0 Å². The number of anilines is 1. The SMILES string of the molecule is Cc1ccc(NC(=O)NC=C2CCCCC2)c(C)c1. The molecule has 1 fully saturated rings. The number of benzene rings is 1. The first-order valence-electron chi connectivity index (χ1n) is 6.98. The van der Waals surface area contributed by atoms with Crippen LogP contribution in [0.5, 0.6) is 0 Å². The highest BCUT2D eigenvalue weighted by atomic mass is 16.2. The summed E-state index contributed by atoms with van der Waals surface area (Å²) in [6, 6.07) is 5.85. The van der Waals surface area contributed by atoms with Crippen LogP contribution in [-0.4, -0.2) is 6.03 Å². The highest BCUT2D eigenvalue weighted by Gasteiger charge is 2.06.